The largest absolute Gasteiger partial charge is 0.497 e. The third-order valence-corrected chi connectivity index (χ3v) is 6.27. The molecule has 0 bridgehead atoms. The Morgan fingerprint density at radius 2 is 1.67 bits per heavy atom. The van der Waals surface area contributed by atoms with Crippen LogP contribution < -0.4 is 15.0 Å². The van der Waals surface area contributed by atoms with Crippen LogP contribution in [0.15, 0.2) is 78.9 Å². The molecule has 5 rings (SSSR count). The summed E-state index contributed by atoms with van der Waals surface area (Å²) >= 11 is 0. The third-order valence-electron chi connectivity index (χ3n) is 6.27. The van der Waals surface area contributed by atoms with Gasteiger partial charge in [0.25, 0.3) is 11.8 Å². The number of rotatable bonds is 5. The SMILES string of the molecule is COc1ccc(NC(=O)[C@]23CCC(=O)N2c2ccccc2C(=O)N3Cc2ccccc2)cc1. The Bertz CT molecular complexity index is 1230. The molecule has 1 N–H and O–H groups in total. The second kappa shape index (κ2) is 8.09. The lowest BCUT2D eigenvalue weighted by atomic mass is 9.94. The van der Waals surface area contributed by atoms with Gasteiger partial charge in [-0.2, -0.15) is 0 Å². The Balaban J connectivity index is 1.61. The van der Waals surface area contributed by atoms with Crippen LogP contribution in [-0.4, -0.2) is 35.4 Å². The number of carbonyl (C=O) groups is 3. The first kappa shape index (κ1) is 20.8. The highest BCUT2D eigenvalue weighted by molar-refractivity contribution is 6.18. The zero-order valence-corrected chi connectivity index (χ0v) is 18.2. The van der Waals surface area contributed by atoms with Crippen LogP contribution in [0.3, 0.4) is 0 Å². The van der Waals surface area contributed by atoms with Crippen LogP contribution in [0.2, 0.25) is 0 Å². The van der Waals surface area contributed by atoms with Crippen molar-refractivity contribution in [3.63, 3.8) is 0 Å². The van der Waals surface area contributed by atoms with Crippen molar-refractivity contribution in [1.82, 2.24) is 4.90 Å². The molecule has 3 amide bonds. The standard InChI is InChI=1S/C26H23N3O4/c1-33-20-13-11-19(12-14-20)27-25(32)26-16-15-23(30)29(26)22-10-6-5-9-21(22)24(31)28(26)17-18-7-3-2-4-8-18/h2-14H,15-17H2,1H3,(H,27,32)/t26-/m0/s1. The second-order valence-electron chi connectivity index (χ2n) is 8.12. The number of methoxy groups -OCH3 is 1. The average molecular weight is 441 g/mol. The van der Waals surface area contributed by atoms with Gasteiger partial charge in [0.1, 0.15) is 5.75 Å². The first-order valence-electron chi connectivity index (χ1n) is 10.8. The van der Waals surface area contributed by atoms with Crippen molar-refractivity contribution in [3.8, 4) is 5.75 Å². The van der Waals surface area contributed by atoms with Gasteiger partial charge in [-0.15, -0.1) is 0 Å². The van der Waals surface area contributed by atoms with E-state index < -0.39 is 11.6 Å². The zero-order valence-electron chi connectivity index (χ0n) is 18.2. The normalized spacial score (nSPS) is 19.2. The van der Waals surface area contributed by atoms with Gasteiger partial charge >= 0.3 is 0 Å². The van der Waals surface area contributed by atoms with Crippen molar-refractivity contribution in [1.29, 1.82) is 0 Å². The molecule has 7 heteroatoms. The smallest absolute Gasteiger partial charge is 0.271 e. The summed E-state index contributed by atoms with van der Waals surface area (Å²) < 4.78 is 5.19. The van der Waals surface area contributed by atoms with Crippen molar-refractivity contribution in [2.24, 2.45) is 0 Å². The molecule has 7 nitrogen and oxygen atoms in total. The number of anilines is 2. The maximum Gasteiger partial charge on any atom is 0.271 e. The summed E-state index contributed by atoms with van der Waals surface area (Å²) in [6, 6.07) is 23.4. The fourth-order valence-corrected chi connectivity index (χ4v) is 4.68. The van der Waals surface area contributed by atoms with E-state index in [0.29, 0.717) is 22.7 Å². The number of nitrogens with one attached hydrogen (secondary N) is 1. The van der Waals surface area contributed by atoms with Gasteiger partial charge in [-0.3, -0.25) is 19.3 Å². The summed E-state index contributed by atoms with van der Waals surface area (Å²) in [5.41, 5.74) is 0.857. The molecule has 3 aromatic rings. The molecule has 1 fully saturated rings. The van der Waals surface area contributed by atoms with E-state index in [-0.39, 0.29) is 31.2 Å². The molecule has 2 aliphatic heterocycles. The Morgan fingerprint density at radius 1 is 0.970 bits per heavy atom. The summed E-state index contributed by atoms with van der Waals surface area (Å²) in [6.45, 7) is 0.202. The highest BCUT2D eigenvalue weighted by Gasteiger charge is 2.60. The maximum atomic E-state index is 13.9. The first-order valence-corrected chi connectivity index (χ1v) is 10.8. The number of hydrogen-bond donors (Lipinski definition) is 1. The molecular formula is C26H23N3O4. The van der Waals surface area contributed by atoms with E-state index in [2.05, 4.69) is 5.32 Å². The molecule has 0 saturated carbocycles. The molecule has 2 aliphatic rings. The van der Waals surface area contributed by atoms with Gasteiger partial charge in [-0.05, 0) is 42.0 Å². The lowest BCUT2D eigenvalue weighted by Gasteiger charge is -2.49. The fraction of sp³-hybridized carbons (Fsp3) is 0.192. The maximum absolute atomic E-state index is 13.9. The predicted octanol–water partition coefficient (Wildman–Crippen LogP) is 3.81. The predicted molar refractivity (Wildman–Crippen MR) is 124 cm³/mol. The van der Waals surface area contributed by atoms with E-state index in [1.165, 1.54) is 9.80 Å². The van der Waals surface area contributed by atoms with Crippen molar-refractivity contribution < 1.29 is 19.1 Å². The number of ether oxygens (including phenoxy) is 1. The lowest BCUT2D eigenvalue weighted by molar-refractivity contribution is -0.129. The van der Waals surface area contributed by atoms with E-state index in [9.17, 15) is 14.4 Å². The van der Waals surface area contributed by atoms with Crippen LogP contribution in [-0.2, 0) is 16.1 Å². The molecule has 0 aromatic heterocycles. The molecular weight excluding hydrogens is 418 g/mol. The molecule has 33 heavy (non-hydrogen) atoms. The fourth-order valence-electron chi connectivity index (χ4n) is 4.68. The highest BCUT2D eigenvalue weighted by Crippen LogP contribution is 2.45. The summed E-state index contributed by atoms with van der Waals surface area (Å²) in [4.78, 5) is 43.8. The minimum atomic E-state index is -1.46. The van der Waals surface area contributed by atoms with E-state index in [0.717, 1.165) is 5.56 Å². The minimum absolute atomic E-state index is 0.170. The first-order chi connectivity index (χ1) is 16.0. The molecule has 3 aromatic carbocycles. The van der Waals surface area contributed by atoms with Gasteiger partial charge in [-0.1, -0.05) is 42.5 Å². The van der Waals surface area contributed by atoms with Crippen LogP contribution in [0.5, 0.6) is 5.75 Å². The number of carbonyl (C=O) groups excluding carboxylic acids is 3. The highest BCUT2D eigenvalue weighted by atomic mass is 16.5. The lowest BCUT2D eigenvalue weighted by Crippen LogP contribution is -2.69. The molecule has 0 spiro atoms. The number of para-hydroxylation sites is 1. The average Bonchev–Trinajstić information content (AvgIpc) is 3.21. The molecule has 1 atom stereocenters. The monoisotopic (exact) mass is 441 g/mol. The molecule has 2 heterocycles. The van der Waals surface area contributed by atoms with Crippen LogP contribution >= 0.6 is 0 Å². The minimum Gasteiger partial charge on any atom is -0.497 e. The zero-order chi connectivity index (χ0) is 23.0. The number of amides is 3. The van der Waals surface area contributed by atoms with Crippen LogP contribution in [0.1, 0.15) is 28.8 Å². The van der Waals surface area contributed by atoms with E-state index in [1.807, 2.05) is 30.3 Å². The van der Waals surface area contributed by atoms with Crippen LogP contribution in [0.25, 0.3) is 0 Å². The van der Waals surface area contributed by atoms with Crippen molar-refractivity contribution in [2.75, 3.05) is 17.3 Å². The van der Waals surface area contributed by atoms with Crippen LogP contribution in [0.4, 0.5) is 11.4 Å². The van der Waals surface area contributed by atoms with Gasteiger partial charge in [0.05, 0.1) is 18.4 Å². The Labute approximate surface area is 191 Å². The third kappa shape index (κ3) is 3.33. The Hall–Kier alpha value is -4.13. The topological polar surface area (TPSA) is 79.0 Å². The van der Waals surface area contributed by atoms with Gasteiger partial charge in [0, 0.05) is 25.1 Å². The molecule has 0 radical (unpaired) electrons. The van der Waals surface area contributed by atoms with Gasteiger partial charge in [-0.25, -0.2) is 0 Å². The van der Waals surface area contributed by atoms with Crippen molar-refractivity contribution in [2.45, 2.75) is 25.0 Å². The summed E-state index contributed by atoms with van der Waals surface area (Å²) in [7, 11) is 1.57. The molecule has 0 aliphatic carbocycles. The van der Waals surface area contributed by atoms with Gasteiger partial charge in [0.2, 0.25) is 11.6 Å². The summed E-state index contributed by atoms with van der Waals surface area (Å²) in [6.07, 6.45) is 0.379. The molecule has 166 valence electrons. The van der Waals surface area contributed by atoms with Crippen LogP contribution in [0, 0.1) is 0 Å². The van der Waals surface area contributed by atoms with Crippen molar-refractivity contribution >= 4 is 29.1 Å². The number of fused-ring (bicyclic) bond motifs is 3. The number of benzene rings is 3. The number of nitrogens with zero attached hydrogens (tertiary/aromatic N) is 2. The Morgan fingerprint density at radius 3 is 2.39 bits per heavy atom. The van der Waals surface area contributed by atoms with E-state index in [1.54, 1.807) is 55.6 Å². The summed E-state index contributed by atoms with van der Waals surface area (Å²) in [5.74, 6) is -0.211. The molecule has 1 saturated heterocycles. The quantitative estimate of drug-likeness (QED) is 0.653. The van der Waals surface area contributed by atoms with Gasteiger partial charge in [0.15, 0.2) is 0 Å². The van der Waals surface area contributed by atoms with E-state index in [4.69, 9.17) is 4.74 Å². The summed E-state index contributed by atoms with van der Waals surface area (Å²) in [5, 5.41) is 2.93. The second-order valence-corrected chi connectivity index (χ2v) is 8.12. The van der Waals surface area contributed by atoms with Gasteiger partial charge < -0.3 is 15.0 Å². The number of hydrogen-bond acceptors (Lipinski definition) is 4. The molecule has 0 unspecified atom stereocenters. The van der Waals surface area contributed by atoms with E-state index >= 15 is 0 Å². The van der Waals surface area contributed by atoms with Crippen molar-refractivity contribution in [3.05, 3.63) is 90.0 Å². The Kier molecular flexibility index (Phi) is 5.09.